The Bertz CT molecular complexity index is 1420. The third kappa shape index (κ3) is 6.05. The lowest BCUT2D eigenvalue weighted by Gasteiger charge is -2.32. The van der Waals surface area contributed by atoms with Gasteiger partial charge in [-0.15, -0.1) is 5.10 Å². The first kappa shape index (κ1) is 26.5. The molecule has 0 aliphatic carbocycles. The Labute approximate surface area is 221 Å². The Hall–Kier alpha value is -4.53. The Kier molecular flexibility index (Phi) is 8.47. The van der Waals surface area contributed by atoms with E-state index < -0.39 is 17.9 Å². The number of esters is 1. The van der Waals surface area contributed by atoms with Crippen molar-refractivity contribution in [2.45, 2.75) is 32.9 Å². The lowest BCUT2D eigenvalue weighted by atomic mass is 10.0. The summed E-state index contributed by atoms with van der Waals surface area (Å²) in [5, 5.41) is 11.3. The van der Waals surface area contributed by atoms with Crippen LogP contribution in [0.5, 0.6) is 0 Å². The van der Waals surface area contributed by atoms with Crippen molar-refractivity contribution in [2.75, 3.05) is 18.6 Å². The van der Waals surface area contributed by atoms with Crippen molar-refractivity contribution in [2.24, 2.45) is 5.92 Å². The molecule has 3 aromatic carbocycles. The van der Waals surface area contributed by atoms with E-state index in [1.807, 2.05) is 54.6 Å². The van der Waals surface area contributed by atoms with Gasteiger partial charge in [0, 0.05) is 12.2 Å². The number of anilines is 1. The molecule has 9 nitrogen and oxygen atoms in total. The van der Waals surface area contributed by atoms with Crippen LogP contribution in [0.3, 0.4) is 0 Å². The van der Waals surface area contributed by atoms with Gasteiger partial charge in [0.1, 0.15) is 18.1 Å². The number of hydrogen-bond acceptors (Lipinski definition) is 6. The Balaban J connectivity index is 1.79. The smallest absolute Gasteiger partial charge is 0.337 e. The van der Waals surface area contributed by atoms with Gasteiger partial charge in [-0.2, -0.15) is 0 Å². The average molecular weight is 514 g/mol. The van der Waals surface area contributed by atoms with Crippen LogP contribution in [0.4, 0.5) is 5.69 Å². The SMILES string of the molecule is COC(=O)c1cccc(N(C(=O)Cn2nnc3ccccc32)[C@@H](C(=O)NCCC(C)C)c2ccccc2)c1. The monoisotopic (exact) mass is 513 g/mol. The minimum atomic E-state index is -0.987. The number of nitrogens with one attached hydrogen (secondary N) is 1. The minimum absolute atomic E-state index is 0.161. The van der Waals surface area contributed by atoms with E-state index in [-0.39, 0.29) is 18.0 Å². The number of carbonyl (C=O) groups is 3. The normalized spacial score (nSPS) is 11.8. The highest BCUT2D eigenvalue weighted by Gasteiger charge is 2.33. The maximum Gasteiger partial charge on any atom is 0.337 e. The number of benzene rings is 3. The lowest BCUT2D eigenvalue weighted by Crippen LogP contribution is -2.45. The van der Waals surface area contributed by atoms with E-state index in [2.05, 4.69) is 29.5 Å². The molecule has 0 aliphatic rings. The van der Waals surface area contributed by atoms with E-state index in [0.29, 0.717) is 34.7 Å². The molecule has 1 N–H and O–H groups in total. The highest BCUT2D eigenvalue weighted by atomic mass is 16.5. The van der Waals surface area contributed by atoms with Gasteiger partial charge in [0.2, 0.25) is 11.8 Å². The van der Waals surface area contributed by atoms with Crippen LogP contribution < -0.4 is 10.2 Å². The third-order valence-electron chi connectivity index (χ3n) is 6.16. The van der Waals surface area contributed by atoms with Crippen LogP contribution >= 0.6 is 0 Å². The van der Waals surface area contributed by atoms with Crippen molar-refractivity contribution in [3.63, 3.8) is 0 Å². The number of hydrogen-bond donors (Lipinski definition) is 1. The lowest BCUT2D eigenvalue weighted by molar-refractivity contribution is -0.127. The summed E-state index contributed by atoms with van der Waals surface area (Å²) in [6.45, 7) is 4.47. The van der Waals surface area contributed by atoms with Crippen LogP contribution in [-0.4, -0.2) is 46.4 Å². The van der Waals surface area contributed by atoms with Crippen molar-refractivity contribution in [3.05, 3.63) is 90.0 Å². The number of fused-ring (bicyclic) bond motifs is 1. The Morgan fingerprint density at radius 1 is 0.974 bits per heavy atom. The van der Waals surface area contributed by atoms with Gasteiger partial charge >= 0.3 is 5.97 Å². The van der Waals surface area contributed by atoms with Gasteiger partial charge in [0.25, 0.3) is 0 Å². The van der Waals surface area contributed by atoms with Crippen LogP contribution in [0.1, 0.15) is 42.2 Å². The zero-order valence-electron chi connectivity index (χ0n) is 21.7. The summed E-state index contributed by atoms with van der Waals surface area (Å²) < 4.78 is 6.40. The van der Waals surface area contributed by atoms with E-state index in [1.54, 1.807) is 24.3 Å². The second kappa shape index (κ2) is 12.1. The molecule has 0 bridgehead atoms. The summed E-state index contributed by atoms with van der Waals surface area (Å²) in [5.41, 5.74) is 2.64. The molecular formula is C29H31N5O4. The molecule has 196 valence electrons. The first-order chi connectivity index (χ1) is 18.4. The molecule has 1 aromatic heterocycles. The van der Waals surface area contributed by atoms with Gasteiger partial charge in [-0.3, -0.25) is 14.5 Å². The Morgan fingerprint density at radius 3 is 2.45 bits per heavy atom. The molecule has 38 heavy (non-hydrogen) atoms. The predicted octanol–water partition coefficient (Wildman–Crippen LogP) is 4.15. The fourth-order valence-electron chi connectivity index (χ4n) is 4.21. The molecule has 2 amide bonds. The molecule has 4 rings (SSSR count). The Morgan fingerprint density at radius 2 is 1.71 bits per heavy atom. The van der Waals surface area contributed by atoms with Gasteiger partial charge in [-0.1, -0.05) is 67.6 Å². The molecule has 0 saturated carbocycles. The summed E-state index contributed by atoms with van der Waals surface area (Å²) in [5.74, 6) is -0.854. The number of nitrogens with zero attached hydrogens (tertiary/aromatic N) is 4. The van der Waals surface area contributed by atoms with Crippen molar-refractivity contribution in [1.82, 2.24) is 20.3 Å². The summed E-state index contributed by atoms with van der Waals surface area (Å²) >= 11 is 0. The van der Waals surface area contributed by atoms with Crippen LogP contribution in [-0.2, 0) is 20.9 Å². The zero-order chi connectivity index (χ0) is 27.1. The summed E-state index contributed by atoms with van der Waals surface area (Å²) in [7, 11) is 1.29. The average Bonchev–Trinajstić information content (AvgIpc) is 3.34. The van der Waals surface area contributed by atoms with E-state index in [0.717, 1.165) is 6.42 Å². The van der Waals surface area contributed by atoms with Crippen LogP contribution in [0, 0.1) is 5.92 Å². The van der Waals surface area contributed by atoms with Crippen molar-refractivity contribution < 1.29 is 19.1 Å². The van der Waals surface area contributed by atoms with Crippen molar-refractivity contribution in [3.8, 4) is 0 Å². The third-order valence-corrected chi connectivity index (χ3v) is 6.16. The molecule has 0 saturated heterocycles. The van der Waals surface area contributed by atoms with Gasteiger partial charge in [-0.05, 0) is 48.2 Å². The second-order valence-corrected chi connectivity index (χ2v) is 9.33. The molecule has 0 radical (unpaired) electrons. The molecule has 0 aliphatic heterocycles. The number of aromatic nitrogens is 3. The number of para-hydroxylation sites is 1. The quantitative estimate of drug-likeness (QED) is 0.319. The number of rotatable bonds is 10. The highest BCUT2D eigenvalue weighted by Crippen LogP contribution is 2.30. The highest BCUT2D eigenvalue weighted by molar-refractivity contribution is 6.02. The molecule has 1 atom stereocenters. The molecule has 0 unspecified atom stereocenters. The minimum Gasteiger partial charge on any atom is -0.465 e. The van der Waals surface area contributed by atoms with Crippen LogP contribution in [0.2, 0.25) is 0 Å². The summed E-state index contributed by atoms with van der Waals surface area (Å²) in [6.07, 6.45) is 0.796. The molecule has 0 fully saturated rings. The maximum absolute atomic E-state index is 14.0. The molecule has 1 heterocycles. The first-order valence-electron chi connectivity index (χ1n) is 12.5. The molecular weight excluding hydrogens is 482 g/mol. The standard InChI is InChI=1S/C29H31N5O4/c1-20(2)16-17-30-28(36)27(21-10-5-4-6-11-21)34(23-13-9-12-22(18-23)29(37)38-3)26(35)19-33-25-15-8-7-14-24(25)31-32-33/h4-15,18,20,27H,16-17,19H2,1-3H3,(H,30,36)/t27-/m1/s1. The number of ether oxygens (including phenoxy) is 1. The van der Waals surface area contributed by atoms with Gasteiger partial charge in [0.15, 0.2) is 0 Å². The number of methoxy groups -OCH3 is 1. The predicted molar refractivity (Wildman–Crippen MR) is 144 cm³/mol. The fourth-order valence-corrected chi connectivity index (χ4v) is 4.21. The van der Waals surface area contributed by atoms with E-state index in [4.69, 9.17) is 4.74 Å². The van der Waals surface area contributed by atoms with Crippen molar-refractivity contribution in [1.29, 1.82) is 0 Å². The number of amides is 2. The number of carbonyl (C=O) groups excluding carboxylic acids is 3. The maximum atomic E-state index is 14.0. The summed E-state index contributed by atoms with van der Waals surface area (Å²) in [6, 6.07) is 22.0. The second-order valence-electron chi connectivity index (χ2n) is 9.33. The zero-order valence-corrected chi connectivity index (χ0v) is 21.7. The first-order valence-corrected chi connectivity index (χ1v) is 12.5. The van der Waals surface area contributed by atoms with E-state index in [9.17, 15) is 14.4 Å². The van der Waals surface area contributed by atoms with E-state index in [1.165, 1.54) is 16.7 Å². The summed E-state index contributed by atoms with van der Waals surface area (Å²) in [4.78, 5) is 41.5. The van der Waals surface area contributed by atoms with Crippen LogP contribution in [0.15, 0.2) is 78.9 Å². The van der Waals surface area contributed by atoms with Gasteiger partial charge < -0.3 is 10.1 Å². The molecule has 0 spiro atoms. The van der Waals surface area contributed by atoms with Gasteiger partial charge in [-0.25, -0.2) is 9.48 Å². The van der Waals surface area contributed by atoms with Crippen molar-refractivity contribution >= 4 is 34.5 Å². The van der Waals surface area contributed by atoms with E-state index >= 15 is 0 Å². The molecule has 9 heteroatoms. The largest absolute Gasteiger partial charge is 0.465 e. The fraction of sp³-hybridized carbons (Fsp3) is 0.276. The van der Waals surface area contributed by atoms with Gasteiger partial charge in [0.05, 0.1) is 18.2 Å². The van der Waals surface area contributed by atoms with Crippen LogP contribution in [0.25, 0.3) is 11.0 Å². The molecule has 4 aromatic rings. The topological polar surface area (TPSA) is 106 Å².